The van der Waals surface area contributed by atoms with E-state index in [9.17, 15) is 4.79 Å². The van der Waals surface area contributed by atoms with Crippen LogP contribution >= 0.6 is 0 Å². The van der Waals surface area contributed by atoms with Gasteiger partial charge >= 0.3 is 0 Å². The first kappa shape index (κ1) is 8.39. The fourth-order valence-electron chi connectivity index (χ4n) is 0.476. The number of primary amides is 1. The number of amides is 1. The average molecular weight is 131 g/mol. The number of hydrogen-bond donors (Lipinski definition) is 3. The van der Waals surface area contributed by atoms with E-state index in [1.54, 1.807) is 7.05 Å². The highest BCUT2D eigenvalue weighted by Gasteiger charge is 1.90. The third-order valence-corrected chi connectivity index (χ3v) is 0.902. The number of hydrogen-bond acceptors (Lipinski definition) is 3. The van der Waals surface area contributed by atoms with Gasteiger partial charge in [0.15, 0.2) is 0 Å². The molecule has 4 N–H and O–H groups in total. The minimum absolute atomic E-state index is 0.243. The van der Waals surface area contributed by atoms with Crippen molar-refractivity contribution in [2.24, 2.45) is 5.73 Å². The van der Waals surface area contributed by atoms with E-state index >= 15 is 0 Å². The van der Waals surface area contributed by atoms with Gasteiger partial charge in [-0.1, -0.05) is 0 Å². The summed E-state index contributed by atoms with van der Waals surface area (Å²) in [6.07, 6.45) is 1.24. The molecular weight excluding hydrogens is 118 g/mol. The van der Waals surface area contributed by atoms with Crippen LogP contribution in [0.3, 0.4) is 0 Å². The Labute approximate surface area is 54.8 Å². The number of rotatable bonds is 5. The summed E-state index contributed by atoms with van der Waals surface area (Å²) in [4.78, 5) is 10.1. The highest BCUT2D eigenvalue weighted by atomic mass is 16.1. The molecule has 0 saturated heterocycles. The van der Waals surface area contributed by atoms with Gasteiger partial charge in [0, 0.05) is 13.0 Å². The van der Waals surface area contributed by atoms with Crippen LogP contribution in [-0.4, -0.2) is 19.5 Å². The van der Waals surface area contributed by atoms with Gasteiger partial charge in [0.1, 0.15) is 0 Å². The minimum atomic E-state index is -0.243. The summed E-state index contributed by atoms with van der Waals surface area (Å²) in [5.41, 5.74) is 10.5. The van der Waals surface area contributed by atoms with Gasteiger partial charge < -0.3 is 5.73 Å². The Morgan fingerprint density at radius 1 is 1.67 bits per heavy atom. The van der Waals surface area contributed by atoms with Gasteiger partial charge in [-0.15, -0.1) is 0 Å². The predicted octanol–water partition coefficient (Wildman–Crippen LogP) is -1.02. The summed E-state index contributed by atoms with van der Waals surface area (Å²) in [5, 5.41) is 0. The minimum Gasteiger partial charge on any atom is -0.370 e. The van der Waals surface area contributed by atoms with Crippen LogP contribution in [0.15, 0.2) is 0 Å². The lowest BCUT2D eigenvalue weighted by molar-refractivity contribution is -0.118. The van der Waals surface area contributed by atoms with Gasteiger partial charge in [-0.25, -0.2) is 0 Å². The molecule has 0 unspecified atom stereocenters. The summed E-state index contributed by atoms with van der Waals surface area (Å²) >= 11 is 0. The molecule has 0 aliphatic heterocycles. The summed E-state index contributed by atoms with van der Waals surface area (Å²) in [6.45, 7) is 0.777. The lowest BCUT2D eigenvalue weighted by Crippen LogP contribution is -2.29. The summed E-state index contributed by atoms with van der Waals surface area (Å²) < 4.78 is 0. The first-order chi connectivity index (χ1) is 4.27. The van der Waals surface area contributed by atoms with Crippen molar-refractivity contribution in [3.05, 3.63) is 0 Å². The zero-order valence-corrected chi connectivity index (χ0v) is 5.61. The Balaban J connectivity index is 2.83. The van der Waals surface area contributed by atoms with Crippen molar-refractivity contribution in [2.75, 3.05) is 13.6 Å². The van der Waals surface area contributed by atoms with E-state index in [0.717, 1.165) is 13.0 Å². The van der Waals surface area contributed by atoms with Crippen molar-refractivity contribution in [3.8, 4) is 0 Å². The predicted molar refractivity (Wildman–Crippen MR) is 35.5 cm³/mol. The maximum atomic E-state index is 10.1. The average Bonchev–Trinajstić information content (AvgIpc) is 1.80. The van der Waals surface area contributed by atoms with Gasteiger partial charge in [-0.2, -0.15) is 0 Å². The number of carbonyl (C=O) groups is 1. The van der Waals surface area contributed by atoms with Crippen LogP contribution in [0, 0.1) is 0 Å². The van der Waals surface area contributed by atoms with Crippen molar-refractivity contribution in [1.29, 1.82) is 0 Å². The van der Waals surface area contributed by atoms with Gasteiger partial charge in [0.2, 0.25) is 5.91 Å². The second-order valence-corrected chi connectivity index (χ2v) is 1.75. The lowest BCUT2D eigenvalue weighted by Gasteiger charge is -1.98. The largest absolute Gasteiger partial charge is 0.370 e. The van der Waals surface area contributed by atoms with E-state index in [2.05, 4.69) is 10.9 Å². The molecule has 0 aliphatic carbocycles. The Morgan fingerprint density at radius 2 is 2.33 bits per heavy atom. The van der Waals surface area contributed by atoms with Crippen LogP contribution < -0.4 is 16.6 Å². The molecule has 4 heteroatoms. The summed E-state index contributed by atoms with van der Waals surface area (Å²) in [7, 11) is 1.78. The van der Waals surface area contributed by atoms with E-state index in [1.165, 1.54) is 0 Å². The maximum absolute atomic E-state index is 10.1. The van der Waals surface area contributed by atoms with E-state index < -0.39 is 0 Å². The summed E-state index contributed by atoms with van der Waals surface area (Å²) in [6, 6.07) is 0. The Bertz CT molecular complexity index is 84.3. The molecule has 0 rings (SSSR count). The molecule has 0 atom stereocenters. The van der Waals surface area contributed by atoms with Crippen LogP contribution in [0.4, 0.5) is 0 Å². The zero-order valence-electron chi connectivity index (χ0n) is 5.61. The van der Waals surface area contributed by atoms with Crippen LogP contribution in [0.2, 0.25) is 0 Å². The Hall–Kier alpha value is -0.610. The van der Waals surface area contributed by atoms with Crippen molar-refractivity contribution in [1.82, 2.24) is 10.9 Å². The second-order valence-electron chi connectivity index (χ2n) is 1.75. The molecule has 0 aromatic carbocycles. The van der Waals surface area contributed by atoms with E-state index in [4.69, 9.17) is 5.73 Å². The SMILES string of the molecule is CNNCCCC(N)=O. The lowest BCUT2D eigenvalue weighted by atomic mass is 10.3. The molecule has 4 nitrogen and oxygen atoms in total. The number of nitrogens with two attached hydrogens (primary N) is 1. The van der Waals surface area contributed by atoms with Gasteiger partial charge in [-0.3, -0.25) is 15.6 Å². The molecule has 0 saturated carbocycles. The van der Waals surface area contributed by atoms with E-state index in [1.807, 2.05) is 0 Å². The monoisotopic (exact) mass is 131 g/mol. The number of nitrogens with one attached hydrogen (secondary N) is 2. The van der Waals surface area contributed by atoms with Crippen LogP contribution in [0.1, 0.15) is 12.8 Å². The molecule has 0 fully saturated rings. The van der Waals surface area contributed by atoms with Gasteiger partial charge in [0.05, 0.1) is 0 Å². The molecule has 0 heterocycles. The number of carbonyl (C=O) groups excluding carboxylic acids is 1. The highest BCUT2D eigenvalue weighted by molar-refractivity contribution is 5.73. The first-order valence-electron chi connectivity index (χ1n) is 2.95. The molecule has 0 aromatic heterocycles. The van der Waals surface area contributed by atoms with Crippen molar-refractivity contribution in [2.45, 2.75) is 12.8 Å². The van der Waals surface area contributed by atoms with Crippen LogP contribution in [0.25, 0.3) is 0 Å². The molecule has 0 aromatic rings. The van der Waals surface area contributed by atoms with Crippen molar-refractivity contribution in [3.63, 3.8) is 0 Å². The smallest absolute Gasteiger partial charge is 0.217 e. The van der Waals surface area contributed by atoms with Gasteiger partial charge in [-0.05, 0) is 13.5 Å². The molecule has 54 valence electrons. The van der Waals surface area contributed by atoms with E-state index in [0.29, 0.717) is 6.42 Å². The third kappa shape index (κ3) is 7.39. The first-order valence-corrected chi connectivity index (χ1v) is 2.95. The molecule has 0 aliphatic rings. The standard InChI is InChI=1S/C5H13N3O/c1-7-8-4-2-3-5(6)9/h7-8H,2-4H2,1H3,(H2,6,9). The Morgan fingerprint density at radius 3 is 2.78 bits per heavy atom. The normalized spacial score (nSPS) is 9.44. The highest BCUT2D eigenvalue weighted by Crippen LogP contribution is 1.81. The van der Waals surface area contributed by atoms with E-state index in [-0.39, 0.29) is 5.91 Å². The van der Waals surface area contributed by atoms with Gasteiger partial charge in [0.25, 0.3) is 0 Å². The number of hydrazine groups is 1. The maximum Gasteiger partial charge on any atom is 0.217 e. The quantitative estimate of drug-likeness (QED) is 0.330. The fourth-order valence-corrected chi connectivity index (χ4v) is 0.476. The molecule has 1 amide bonds. The Kier molecular flexibility index (Phi) is 5.15. The van der Waals surface area contributed by atoms with Crippen LogP contribution in [-0.2, 0) is 4.79 Å². The molecular formula is C5H13N3O. The molecule has 0 bridgehead atoms. The fraction of sp³-hybridized carbons (Fsp3) is 0.800. The third-order valence-electron chi connectivity index (χ3n) is 0.902. The van der Waals surface area contributed by atoms with Crippen molar-refractivity contribution >= 4 is 5.91 Å². The second kappa shape index (κ2) is 5.53. The summed E-state index contributed by atoms with van der Waals surface area (Å²) in [5.74, 6) is -0.243. The van der Waals surface area contributed by atoms with Crippen LogP contribution in [0.5, 0.6) is 0 Å². The molecule has 0 spiro atoms. The molecule has 0 radical (unpaired) electrons. The topological polar surface area (TPSA) is 67.2 Å². The zero-order chi connectivity index (χ0) is 7.11. The van der Waals surface area contributed by atoms with Crippen molar-refractivity contribution < 1.29 is 4.79 Å². The molecule has 9 heavy (non-hydrogen) atoms.